The van der Waals surface area contributed by atoms with Gasteiger partial charge >= 0.3 is 12.2 Å². The third kappa shape index (κ3) is 4.18. The van der Waals surface area contributed by atoms with Crippen LogP contribution in [0.3, 0.4) is 0 Å². The molecular weight excluding hydrogens is 233 g/mol. The minimum atomic E-state index is -4.37. The van der Waals surface area contributed by atoms with Gasteiger partial charge in [-0.2, -0.15) is 13.2 Å². The summed E-state index contributed by atoms with van der Waals surface area (Å²) in [4.78, 5) is 11.2. The first-order valence-electron chi connectivity index (χ1n) is 4.79. The van der Waals surface area contributed by atoms with Gasteiger partial charge in [0.05, 0.1) is 5.56 Å². The van der Waals surface area contributed by atoms with Crippen molar-refractivity contribution in [3.63, 3.8) is 0 Å². The van der Waals surface area contributed by atoms with Crippen LogP contribution in [0.1, 0.15) is 12.5 Å². The Kier molecular flexibility index (Phi) is 4.14. The summed E-state index contributed by atoms with van der Waals surface area (Å²) in [5.74, 6) is 0. The zero-order valence-electron chi connectivity index (χ0n) is 9.01. The lowest BCUT2D eigenvalue weighted by Gasteiger charge is -2.08. The van der Waals surface area contributed by atoms with Gasteiger partial charge in [-0.25, -0.2) is 4.79 Å². The van der Waals surface area contributed by atoms with Gasteiger partial charge in [-0.15, -0.1) is 0 Å². The molecule has 0 saturated heterocycles. The van der Waals surface area contributed by atoms with Gasteiger partial charge in [-0.3, -0.25) is 0 Å². The molecule has 0 fully saturated rings. The van der Waals surface area contributed by atoms with Crippen molar-refractivity contribution >= 4 is 11.7 Å². The Bertz CT molecular complexity index is 410. The summed E-state index contributed by atoms with van der Waals surface area (Å²) in [6.07, 6.45) is -1.34. The average molecular weight is 244 g/mol. The zero-order valence-corrected chi connectivity index (χ0v) is 9.01. The van der Waals surface area contributed by atoms with E-state index in [4.69, 9.17) is 0 Å². The lowest BCUT2D eigenvalue weighted by molar-refractivity contribution is -0.137. The average Bonchev–Trinajstić information content (AvgIpc) is 2.26. The Balaban J connectivity index is 2.66. The van der Waals surface area contributed by atoms with E-state index in [0.717, 1.165) is 12.1 Å². The number of halogens is 3. The Hall–Kier alpha value is -1.98. The molecule has 3 nitrogen and oxygen atoms in total. The number of allylic oxidation sites excluding steroid dienone is 1. The van der Waals surface area contributed by atoms with E-state index in [2.05, 4.69) is 10.6 Å². The standard InChI is InChI=1S/C11H11F3N2O/c1-2-7-15-10(17)16-9-5-3-8(4-6-9)11(12,13)14/h2-7H,1H3,(H2,15,16,17)/b7-2+. The second kappa shape index (κ2) is 5.38. The zero-order chi connectivity index (χ0) is 12.9. The van der Waals surface area contributed by atoms with E-state index < -0.39 is 17.8 Å². The molecule has 0 aliphatic carbocycles. The van der Waals surface area contributed by atoms with Crippen molar-refractivity contribution in [1.82, 2.24) is 5.32 Å². The van der Waals surface area contributed by atoms with E-state index >= 15 is 0 Å². The van der Waals surface area contributed by atoms with E-state index in [9.17, 15) is 18.0 Å². The summed E-state index contributed by atoms with van der Waals surface area (Å²) in [5.41, 5.74) is -0.461. The normalized spacial score (nSPS) is 11.5. The van der Waals surface area contributed by atoms with Crippen molar-refractivity contribution < 1.29 is 18.0 Å². The van der Waals surface area contributed by atoms with Crippen molar-refractivity contribution in [2.75, 3.05) is 5.32 Å². The van der Waals surface area contributed by atoms with Gasteiger partial charge in [-0.1, -0.05) is 6.08 Å². The van der Waals surface area contributed by atoms with Crippen LogP contribution in [0.4, 0.5) is 23.7 Å². The second-order valence-electron chi connectivity index (χ2n) is 3.17. The molecule has 0 saturated carbocycles. The predicted molar refractivity (Wildman–Crippen MR) is 58.4 cm³/mol. The maximum atomic E-state index is 12.2. The number of benzene rings is 1. The molecule has 0 aromatic heterocycles. The molecule has 0 unspecified atom stereocenters. The number of nitrogens with one attached hydrogen (secondary N) is 2. The third-order valence-electron chi connectivity index (χ3n) is 1.85. The minimum absolute atomic E-state index is 0.292. The summed E-state index contributed by atoms with van der Waals surface area (Å²) < 4.78 is 36.7. The highest BCUT2D eigenvalue weighted by Crippen LogP contribution is 2.29. The largest absolute Gasteiger partial charge is 0.416 e. The highest BCUT2D eigenvalue weighted by Gasteiger charge is 2.29. The highest BCUT2D eigenvalue weighted by molar-refractivity contribution is 5.89. The van der Waals surface area contributed by atoms with Crippen molar-refractivity contribution in [1.29, 1.82) is 0 Å². The fourth-order valence-electron chi connectivity index (χ4n) is 1.07. The molecule has 0 aliphatic heterocycles. The van der Waals surface area contributed by atoms with Gasteiger partial charge < -0.3 is 10.6 Å². The summed E-state index contributed by atoms with van der Waals surface area (Å²) in [5, 5.41) is 4.76. The number of hydrogen-bond donors (Lipinski definition) is 2. The van der Waals surface area contributed by atoms with Gasteiger partial charge in [-0.05, 0) is 31.2 Å². The number of rotatable bonds is 2. The summed E-state index contributed by atoms with van der Waals surface area (Å²) in [6, 6.07) is 3.69. The molecule has 0 atom stereocenters. The van der Waals surface area contributed by atoms with Crippen LogP contribution in [-0.4, -0.2) is 6.03 Å². The van der Waals surface area contributed by atoms with E-state index in [0.29, 0.717) is 5.69 Å². The van der Waals surface area contributed by atoms with Crippen molar-refractivity contribution in [3.05, 3.63) is 42.1 Å². The fraction of sp³-hybridized carbons (Fsp3) is 0.182. The van der Waals surface area contributed by atoms with Crippen LogP contribution < -0.4 is 10.6 Å². The summed E-state index contributed by atoms with van der Waals surface area (Å²) >= 11 is 0. The molecule has 2 amide bonds. The second-order valence-corrected chi connectivity index (χ2v) is 3.17. The number of amides is 2. The topological polar surface area (TPSA) is 41.1 Å². The maximum Gasteiger partial charge on any atom is 0.416 e. The molecule has 0 bridgehead atoms. The van der Waals surface area contributed by atoms with Gasteiger partial charge in [0.15, 0.2) is 0 Å². The molecule has 1 rings (SSSR count). The molecule has 2 N–H and O–H groups in total. The lowest BCUT2D eigenvalue weighted by atomic mass is 10.2. The van der Waals surface area contributed by atoms with E-state index in [-0.39, 0.29) is 0 Å². The first-order chi connectivity index (χ1) is 7.93. The number of anilines is 1. The molecule has 1 aromatic rings. The molecule has 1 aromatic carbocycles. The maximum absolute atomic E-state index is 12.2. The first kappa shape index (κ1) is 13.1. The minimum Gasteiger partial charge on any atom is -0.315 e. The molecular formula is C11H11F3N2O. The Labute approximate surface area is 96.3 Å². The van der Waals surface area contributed by atoms with Crippen LogP contribution >= 0.6 is 0 Å². The number of carbonyl (C=O) groups is 1. The van der Waals surface area contributed by atoms with Crippen LogP contribution in [0.2, 0.25) is 0 Å². The van der Waals surface area contributed by atoms with Crippen LogP contribution in [0.15, 0.2) is 36.5 Å². The van der Waals surface area contributed by atoms with Gasteiger partial charge in [0.25, 0.3) is 0 Å². The fourth-order valence-corrected chi connectivity index (χ4v) is 1.07. The van der Waals surface area contributed by atoms with Crippen LogP contribution in [-0.2, 0) is 6.18 Å². The van der Waals surface area contributed by atoms with Crippen LogP contribution in [0.5, 0.6) is 0 Å². The van der Waals surface area contributed by atoms with E-state index in [1.54, 1.807) is 13.0 Å². The van der Waals surface area contributed by atoms with Gasteiger partial charge in [0.2, 0.25) is 0 Å². The Morgan fingerprint density at radius 3 is 2.29 bits per heavy atom. The van der Waals surface area contributed by atoms with E-state index in [1.807, 2.05) is 0 Å². The monoisotopic (exact) mass is 244 g/mol. The third-order valence-corrected chi connectivity index (χ3v) is 1.85. The number of alkyl halides is 3. The molecule has 0 heterocycles. The van der Waals surface area contributed by atoms with Crippen molar-refractivity contribution in [2.24, 2.45) is 0 Å². The quantitative estimate of drug-likeness (QED) is 0.822. The molecule has 17 heavy (non-hydrogen) atoms. The van der Waals surface area contributed by atoms with E-state index in [1.165, 1.54) is 18.3 Å². The molecule has 6 heteroatoms. The Morgan fingerprint density at radius 2 is 1.82 bits per heavy atom. The van der Waals surface area contributed by atoms with Crippen LogP contribution in [0.25, 0.3) is 0 Å². The Morgan fingerprint density at radius 1 is 1.24 bits per heavy atom. The summed E-state index contributed by atoms with van der Waals surface area (Å²) in [7, 11) is 0. The molecule has 0 radical (unpaired) electrons. The molecule has 0 spiro atoms. The predicted octanol–water partition coefficient (Wildman–Crippen LogP) is 3.36. The SMILES string of the molecule is C/C=C/NC(=O)Nc1ccc(C(F)(F)F)cc1. The number of hydrogen-bond acceptors (Lipinski definition) is 1. The lowest BCUT2D eigenvalue weighted by Crippen LogP contribution is -2.23. The first-order valence-corrected chi connectivity index (χ1v) is 4.79. The molecule has 0 aliphatic rings. The van der Waals surface area contributed by atoms with Gasteiger partial charge in [0.1, 0.15) is 0 Å². The van der Waals surface area contributed by atoms with Crippen molar-refractivity contribution in [3.8, 4) is 0 Å². The number of urea groups is 1. The van der Waals surface area contributed by atoms with Crippen molar-refractivity contribution in [2.45, 2.75) is 13.1 Å². The summed E-state index contributed by atoms with van der Waals surface area (Å²) in [6.45, 7) is 1.72. The highest BCUT2D eigenvalue weighted by atomic mass is 19.4. The number of carbonyl (C=O) groups excluding carboxylic acids is 1. The van der Waals surface area contributed by atoms with Crippen LogP contribution in [0, 0.1) is 0 Å². The van der Waals surface area contributed by atoms with Gasteiger partial charge in [0, 0.05) is 11.9 Å². The smallest absolute Gasteiger partial charge is 0.315 e. The molecule has 92 valence electrons.